The molecule has 0 fully saturated rings. The molecule has 0 atom stereocenters. The molecule has 0 unspecified atom stereocenters. The number of nitrogens with one attached hydrogen (secondary N) is 2. The molecule has 2 rings (SSSR count). The normalized spacial score (nSPS) is 11.1. The van der Waals surface area contributed by atoms with Crippen LogP contribution >= 0.6 is 0 Å². The van der Waals surface area contributed by atoms with E-state index in [1.165, 1.54) is 36.4 Å². The van der Waals surface area contributed by atoms with Gasteiger partial charge >= 0.3 is 6.18 Å². The monoisotopic (exact) mass is 368 g/mol. The van der Waals surface area contributed by atoms with E-state index in [9.17, 15) is 27.2 Å². The number of hydrogen-bond donors (Lipinski definition) is 2. The lowest BCUT2D eigenvalue weighted by atomic mass is 10.1. The maximum Gasteiger partial charge on any atom is 0.405 e. The third-order valence-electron chi connectivity index (χ3n) is 3.48. The van der Waals surface area contributed by atoms with Crippen LogP contribution in [0.1, 0.15) is 21.5 Å². The first-order valence-corrected chi connectivity index (χ1v) is 7.64. The van der Waals surface area contributed by atoms with Crippen LogP contribution < -0.4 is 10.6 Å². The molecule has 4 nitrogen and oxygen atoms in total. The third kappa shape index (κ3) is 5.87. The highest BCUT2D eigenvalue weighted by molar-refractivity contribution is 5.98. The SMILES string of the molecule is Cc1ccc(C(=O)NCC(F)(F)F)cc1NC(=O)Cc1cccc(F)c1. The summed E-state index contributed by atoms with van der Waals surface area (Å²) in [6.07, 6.45) is -4.59. The molecule has 0 aliphatic heterocycles. The van der Waals surface area contributed by atoms with E-state index in [0.717, 1.165) is 0 Å². The van der Waals surface area contributed by atoms with E-state index >= 15 is 0 Å². The third-order valence-corrected chi connectivity index (χ3v) is 3.48. The Morgan fingerprint density at radius 1 is 1.08 bits per heavy atom. The smallest absolute Gasteiger partial charge is 0.343 e. The first-order valence-electron chi connectivity index (χ1n) is 7.64. The van der Waals surface area contributed by atoms with Gasteiger partial charge in [0.2, 0.25) is 5.91 Å². The maximum absolute atomic E-state index is 13.2. The minimum absolute atomic E-state index is 0.0131. The molecule has 138 valence electrons. The number of amides is 2. The number of benzene rings is 2. The molecule has 0 aromatic heterocycles. The van der Waals surface area contributed by atoms with Crippen LogP contribution in [0.15, 0.2) is 42.5 Å². The molecule has 2 N–H and O–H groups in total. The number of aryl methyl sites for hydroxylation is 1. The second-order valence-electron chi connectivity index (χ2n) is 5.68. The summed E-state index contributed by atoms with van der Waals surface area (Å²) >= 11 is 0. The Morgan fingerprint density at radius 3 is 2.46 bits per heavy atom. The minimum atomic E-state index is -4.51. The second-order valence-corrected chi connectivity index (χ2v) is 5.68. The van der Waals surface area contributed by atoms with Crippen LogP contribution in [0, 0.1) is 12.7 Å². The zero-order valence-corrected chi connectivity index (χ0v) is 13.8. The lowest BCUT2D eigenvalue weighted by Gasteiger charge is -2.12. The first-order chi connectivity index (χ1) is 12.1. The van der Waals surface area contributed by atoms with Gasteiger partial charge in [-0.1, -0.05) is 18.2 Å². The van der Waals surface area contributed by atoms with Crippen molar-refractivity contribution in [3.05, 3.63) is 65.0 Å². The summed E-state index contributed by atoms with van der Waals surface area (Å²) in [5.74, 6) is -1.80. The summed E-state index contributed by atoms with van der Waals surface area (Å²) in [5, 5.41) is 4.35. The highest BCUT2D eigenvalue weighted by atomic mass is 19.4. The van der Waals surface area contributed by atoms with Gasteiger partial charge in [0.05, 0.1) is 6.42 Å². The molecular formula is C18H16F4N2O2. The average molecular weight is 368 g/mol. The number of carbonyl (C=O) groups excluding carboxylic acids is 2. The fourth-order valence-electron chi connectivity index (χ4n) is 2.21. The summed E-state index contributed by atoms with van der Waals surface area (Å²) in [6.45, 7) is 0.232. The van der Waals surface area contributed by atoms with Gasteiger partial charge in [0.15, 0.2) is 0 Å². The topological polar surface area (TPSA) is 58.2 Å². The predicted molar refractivity (Wildman–Crippen MR) is 88.3 cm³/mol. The highest BCUT2D eigenvalue weighted by Crippen LogP contribution is 2.18. The Balaban J connectivity index is 2.07. The van der Waals surface area contributed by atoms with Gasteiger partial charge in [0.25, 0.3) is 5.91 Å². The van der Waals surface area contributed by atoms with Crippen LogP contribution in [-0.4, -0.2) is 24.5 Å². The van der Waals surface area contributed by atoms with Crippen LogP contribution in [0.4, 0.5) is 23.2 Å². The molecule has 0 heterocycles. The van der Waals surface area contributed by atoms with E-state index < -0.39 is 30.4 Å². The van der Waals surface area contributed by atoms with Gasteiger partial charge in [-0.25, -0.2) is 4.39 Å². The zero-order valence-electron chi connectivity index (χ0n) is 13.8. The van der Waals surface area contributed by atoms with Crippen molar-refractivity contribution in [3.63, 3.8) is 0 Å². The van der Waals surface area contributed by atoms with Crippen molar-refractivity contribution in [3.8, 4) is 0 Å². The Bertz CT molecular complexity index is 819. The van der Waals surface area contributed by atoms with E-state index in [4.69, 9.17) is 0 Å². The number of halogens is 4. The van der Waals surface area contributed by atoms with Gasteiger partial charge in [-0.15, -0.1) is 0 Å². The van der Waals surface area contributed by atoms with Crippen LogP contribution in [0.2, 0.25) is 0 Å². The molecule has 2 aromatic rings. The van der Waals surface area contributed by atoms with E-state index in [0.29, 0.717) is 16.8 Å². The molecule has 26 heavy (non-hydrogen) atoms. The number of anilines is 1. The quantitative estimate of drug-likeness (QED) is 0.793. The lowest BCUT2D eigenvalue weighted by molar-refractivity contribution is -0.123. The zero-order chi connectivity index (χ0) is 19.3. The predicted octanol–water partition coefficient (Wildman–Crippen LogP) is 3.61. The maximum atomic E-state index is 13.2. The Labute approximate surface area is 147 Å². The molecule has 2 amide bonds. The number of rotatable bonds is 5. The molecule has 0 saturated carbocycles. The van der Waals surface area contributed by atoms with Crippen molar-refractivity contribution in [2.45, 2.75) is 19.5 Å². The lowest BCUT2D eigenvalue weighted by Crippen LogP contribution is -2.33. The average Bonchev–Trinajstić information content (AvgIpc) is 2.54. The Hall–Kier alpha value is -2.90. The van der Waals surface area contributed by atoms with Crippen LogP contribution in [0.25, 0.3) is 0 Å². The van der Waals surface area contributed by atoms with Crippen molar-refractivity contribution in [2.75, 3.05) is 11.9 Å². The molecular weight excluding hydrogens is 352 g/mol. The minimum Gasteiger partial charge on any atom is -0.343 e. The molecule has 0 bridgehead atoms. The van der Waals surface area contributed by atoms with Crippen molar-refractivity contribution >= 4 is 17.5 Å². The van der Waals surface area contributed by atoms with Gasteiger partial charge in [0.1, 0.15) is 12.4 Å². The summed E-state index contributed by atoms with van der Waals surface area (Å²) in [6, 6.07) is 9.74. The molecule has 0 spiro atoms. The van der Waals surface area contributed by atoms with Gasteiger partial charge in [0, 0.05) is 11.3 Å². The molecule has 0 radical (unpaired) electrons. The van der Waals surface area contributed by atoms with Gasteiger partial charge < -0.3 is 10.6 Å². The molecule has 2 aromatic carbocycles. The highest BCUT2D eigenvalue weighted by Gasteiger charge is 2.28. The first kappa shape index (κ1) is 19.4. The number of hydrogen-bond acceptors (Lipinski definition) is 2. The summed E-state index contributed by atoms with van der Waals surface area (Å²) < 4.78 is 49.7. The van der Waals surface area contributed by atoms with E-state index in [-0.39, 0.29) is 12.0 Å². The van der Waals surface area contributed by atoms with E-state index in [1.807, 2.05) is 0 Å². The van der Waals surface area contributed by atoms with Gasteiger partial charge in [-0.3, -0.25) is 9.59 Å². The largest absolute Gasteiger partial charge is 0.405 e. The second kappa shape index (κ2) is 7.99. The van der Waals surface area contributed by atoms with Crippen LogP contribution in [0.5, 0.6) is 0 Å². The van der Waals surface area contributed by atoms with Crippen LogP contribution in [-0.2, 0) is 11.2 Å². The Kier molecular flexibility index (Phi) is 5.97. The Morgan fingerprint density at radius 2 is 1.81 bits per heavy atom. The summed E-state index contributed by atoms with van der Waals surface area (Å²) in [7, 11) is 0. The van der Waals surface area contributed by atoms with Crippen molar-refractivity contribution in [1.82, 2.24) is 5.32 Å². The van der Waals surface area contributed by atoms with Crippen LogP contribution in [0.3, 0.4) is 0 Å². The summed E-state index contributed by atoms with van der Waals surface area (Å²) in [4.78, 5) is 23.9. The molecule has 0 saturated heterocycles. The fourth-order valence-corrected chi connectivity index (χ4v) is 2.21. The molecule has 8 heteroatoms. The van der Waals surface area contributed by atoms with Crippen molar-refractivity contribution in [1.29, 1.82) is 0 Å². The molecule has 0 aliphatic carbocycles. The number of alkyl halides is 3. The number of carbonyl (C=O) groups is 2. The van der Waals surface area contributed by atoms with Gasteiger partial charge in [-0.05, 0) is 42.3 Å². The molecule has 0 aliphatic rings. The summed E-state index contributed by atoms with van der Waals surface area (Å²) in [5.41, 5.74) is 1.39. The van der Waals surface area contributed by atoms with Crippen molar-refractivity contribution < 1.29 is 27.2 Å². The van der Waals surface area contributed by atoms with E-state index in [1.54, 1.807) is 18.3 Å². The van der Waals surface area contributed by atoms with Crippen molar-refractivity contribution in [2.24, 2.45) is 0 Å². The van der Waals surface area contributed by atoms with E-state index in [2.05, 4.69) is 5.32 Å². The fraction of sp³-hybridized carbons (Fsp3) is 0.222. The standard InChI is InChI=1S/C18H16F4N2O2/c1-11-5-6-13(17(26)23-10-18(20,21)22)9-15(11)24-16(25)8-12-3-2-4-14(19)7-12/h2-7,9H,8,10H2,1H3,(H,23,26)(H,24,25). The van der Waals surface area contributed by atoms with Gasteiger partial charge in [-0.2, -0.15) is 13.2 Å².